The fraction of sp³-hybridized carbons (Fsp3) is 0.588. The topological polar surface area (TPSA) is 73.2 Å². The minimum absolute atomic E-state index is 0.0876. The molecule has 132 valence electrons. The number of carbonyl (C=O) groups excluding carboxylic acids is 2. The van der Waals surface area contributed by atoms with Crippen molar-refractivity contribution in [2.75, 3.05) is 13.1 Å². The molecule has 7 heteroatoms. The van der Waals surface area contributed by atoms with Crippen LogP contribution in [0.5, 0.6) is 0 Å². The van der Waals surface area contributed by atoms with Gasteiger partial charge < -0.3 is 10.1 Å². The molecule has 2 rings (SSSR count). The Balaban J connectivity index is 2.03. The number of rotatable bonds is 4. The highest BCUT2D eigenvalue weighted by Crippen LogP contribution is 2.26. The van der Waals surface area contributed by atoms with Gasteiger partial charge in [0.1, 0.15) is 12.1 Å². The quantitative estimate of drug-likeness (QED) is 0.839. The van der Waals surface area contributed by atoms with Crippen molar-refractivity contribution in [2.24, 2.45) is 0 Å². The van der Waals surface area contributed by atoms with Crippen molar-refractivity contribution in [3.63, 3.8) is 0 Å². The van der Waals surface area contributed by atoms with Crippen LogP contribution in [0.2, 0.25) is 0 Å². The van der Waals surface area contributed by atoms with Gasteiger partial charge in [0.05, 0.1) is 5.69 Å². The molecule has 1 aliphatic rings. The van der Waals surface area contributed by atoms with Gasteiger partial charge in [-0.25, -0.2) is 0 Å². The summed E-state index contributed by atoms with van der Waals surface area (Å²) in [5.41, 5.74) is 1.44. The molecule has 0 aliphatic carbocycles. The van der Waals surface area contributed by atoms with E-state index in [4.69, 9.17) is 4.74 Å². The molecule has 0 bridgehead atoms. The Morgan fingerprint density at radius 2 is 2.25 bits per heavy atom. The molecule has 6 nitrogen and oxygen atoms in total. The van der Waals surface area contributed by atoms with E-state index < -0.39 is 5.60 Å². The molecule has 0 amide bonds. The molecule has 2 heterocycles. The number of aromatic nitrogens is 2. The summed E-state index contributed by atoms with van der Waals surface area (Å²) in [5.74, 6) is -0.311. The summed E-state index contributed by atoms with van der Waals surface area (Å²) in [6.07, 6.45) is 4.69. The van der Waals surface area contributed by atoms with Gasteiger partial charge in [-0.1, -0.05) is 11.8 Å². The molecule has 0 spiro atoms. The summed E-state index contributed by atoms with van der Waals surface area (Å²) < 4.78 is 6.87. The Kier molecular flexibility index (Phi) is 6.23. The molecule has 1 fully saturated rings. The van der Waals surface area contributed by atoms with Gasteiger partial charge in [-0.15, -0.1) is 0 Å². The van der Waals surface area contributed by atoms with E-state index in [2.05, 4.69) is 10.4 Å². The Labute approximate surface area is 147 Å². The average Bonchev–Trinajstić information content (AvgIpc) is 2.85. The van der Waals surface area contributed by atoms with Gasteiger partial charge in [-0.2, -0.15) is 5.10 Å². The van der Waals surface area contributed by atoms with Crippen LogP contribution in [0.1, 0.15) is 39.8 Å². The van der Waals surface area contributed by atoms with Crippen LogP contribution in [-0.4, -0.2) is 44.8 Å². The second kappa shape index (κ2) is 7.98. The summed E-state index contributed by atoms with van der Waals surface area (Å²) in [6, 6.07) is 1.86. The van der Waals surface area contributed by atoms with Crippen LogP contribution in [0.3, 0.4) is 0 Å². The molecule has 1 aliphatic heterocycles. The lowest BCUT2D eigenvalue weighted by Gasteiger charge is -2.24. The van der Waals surface area contributed by atoms with E-state index in [1.54, 1.807) is 17.8 Å². The van der Waals surface area contributed by atoms with Crippen molar-refractivity contribution in [1.29, 1.82) is 0 Å². The molecule has 0 radical (unpaired) electrons. The largest absolute Gasteiger partial charge is 0.459 e. The second-order valence-corrected chi connectivity index (χ2v) is 8.19. The number of nitrogens with one attached hydrogen (secondary N) is 1. The number of thioether (sulfide) groups is 1. The molecule has 1 aromatic rings. The van der Waals surface area contributed by atoms with Crippen LogP contribution in [0.25, 0.3) is 6.08 Å². The predicted molar refractivity (Wildman–Crippen MR) is 95.6 cm³/mol. The maximum Gasteiger partial charge on any atom is 0.328 e. The lowest BCUT2D eigenvalue weighted by molar-refractivity contribution is -0.155. The standard InChI is InChI=1S/C17H25N3O3S/c1-12(21)24-15-5-7-18-10-13(15)9-14-6-8-20(19-14)11-16(22)23-17(2,3)4/h6,8-9,15,18H,5,7,10-11H2,1-4H3. The van der Waals surface area contributed by atoms with Gasteiger partial charge in [0, 0.05) is 24.9 Å². The Hall–Kier alpha value is -1.60. The van der Waals surface area contributed by atoms with E-state index in [-0.39, 0.29) is 22.9 Å². The number of hydrogen-bond donors (Lipinski definition) is 1. The van der Waals surface area contributed by atoms with E-state index in [9.17, 15) is 9.59 Å². The van der Waals surface area contributed by atoms with Gasteiger partial charge in [0.25, 0.3) is 0 Å². The average molecular weight is 351 g/mol. The molecule has 1 saturated heterocycles. The first kappa shape index (κ1) is 18.7. The van der Waals surface area contributed by atoms with Crippen molar-refractivity contribution in [1.82, 2.24) is 15.1 Å². The molecule has 0 saturated carbocycles. The van der Waals surface area contributed by atoms with E-state index in [0.29, 0.717) is 0 Å². The van der Waals surface area contributed by atoms with Gasteiger partial charge >= 0.3 is 5.97 Å². The van der Waals surface area contributed by atoms with Crippen molar-refractivity contribution in [3.05, 3.63) is 23.5 Å². The van der Waals surface area contributed by atoms with E-state index >= 15 is 0 Å². The summed E-state index contributed by atoms with van der Waals surface area (Å²) in [6.45, 7) is 8.87. The molecular weight excluding hydrogens is 326 g/mol. The predicted octanol–water partition coefficient (Wildman–Crippen LogP) is 2.25. The smallest absolute Gasteiger partial charge is 0.328 e. The Bertz CT molecular complexity index is 631. The highest BCUT2D eigenvalue weighted by atomic mass is 32.2. The first-order valence-corrected chi connectivity index (χ1v) is 8.94. The lowest BCUT2D eigenvalue weighted by atomic mass is 10.0. The summed E-state index contributed by atoms with van der Waals surface area (Å²) >= 11 is 1.37. The zero-order valence-electron chi connectivity index (χ0n) is 14.7. The maximum atomic E-state index is 11.9. The number of carbonyl (C=O) groups is 2. The van der Waals surface area contributed by atoms with Crippen LogP contribution >= 0.6 is 11.8 Å². The SMILES string of the molecule is CC(=O)SC1CCNCC1=Cc1ccn(CC(=O)OC(C)(C)C)n1. The first-order valence-electron chi connectivity index (χ1n) is 8.06. The number of piperidine rings is 1. The molecular formula is C17H25N3O3S. The summed E-state index contributed by atoms with van der Waals surface area (Å²) in [4.78, 5) is 23.2. The third kappa shape index (κ3) is 6.13. The van der Waals surface area contributed by atoms with Gasteiger partial charge in [-0.3, -0.25) is 14.3 Å². The zero-order valence-corrected chi connectivity index (χ0v) is 15.5. The maximum absolute atomic E-state index is 11.9. The lowest BCUT2D eigenvalue weighted by Crippen LogP contribution is -2.32. The van der Waals surface area contributed by atoms with Crippen molar-refractivity contribution < 1.29 is 14.3 Å². The third-order valence-electron chi connectivity index (χ3n) is 3.34. The minimum Gasteiger partial charge on any atom is -0.459 e. The number of nitrogens with zero attached hydrogens (tertiary/aromatic N) is 2. The molecule has 1 unspecified atom stereocenters. The monoisotopic (exact) mass is 351 g/mol. The second-order valence-electron chi connectivity index (χ2n) is 6.81. The van der Waals surface area contributed by atoms with Gasteiger partial charge in [0.2, 0.25) is 0 Å². The van der Waals surface area contributed by atoms with E-state index in [1.165, 1.54) is 11.8 Å². The third-order valence-corrected chi connectivity index (χ3v) is 4.49. The Morgan fingerprint density at radius 1 is 1.50 bits per heavy atom. The molecule has 0 aromatic carbocycles. The van der Waals surface area contributed by atoms with Crippen LogP contribution in [0.4, 0.5) is 0 Å². The number of hydrogen-bond acceptors (Lipinski definition) is 6. The van der Waals surface area contributed by atoms with Crippen molar-refractivity contribution in [3.8, 4) is 0 Å². The fourth-order valence-electron chi connectivity index (χ4n) is 2.48. The van der Waals surface area contributed by atoms with Crippen LogP contribution in [-0.2, 0) is 20.9 Å². The highest BCUT2D eigenvalue weighted by Gasteiger charge is 2.21. The van der Waals surface area contributed by atoms with Crippen molar-refractivity contribution in [2.45, 2.75) is 51.5 Å². The van der Waals surface area contributed by atoms with Crippen molar-refractivity contribution >= 4 is 28.9 Å². The summed E-state index contributed by atoms with van der Waals surface area (Å²) in [7, 11) is 0. The Morgan fingerprint density at radius 3 is 2.92 bits per heavy atom. The normalized spacial score (nSPS) is 20.2. The van der Waals surface area contributed by atoms with Crippen LogP contribution < -0.4 is 5.32 Å². The molecule has 1 atom stereocenters. The van der Waals surface area contributed by atoms with Crippen LogP contribution in [0.15, 0.2) is 17.8 Å². The minimum atomic E-state index is -0.500. The number of esters is 1. The highest BCUT2D eigenvalue weighted by molar-refractivity contribution is 8.14. The van der Waals surface area contributed by atoms with Crippen LogP contribution in [0, 0.1) is 0 Å². The zero-order chi connectivity index (χ0) is 17.7. The van der Waals surface area contributed by atoms with E-state index in [1.807, 2.05) is 32.9 Å². The molecule has 1 aromatic heterocycles. The van der Waals surface area contributed by atoms with E-state index in [0.717, 1.165) is 30.8 Å². The van der Waals surface area contributed by atoms with Gasteiger partial charge in [0.15, 0.2) is 5.12 Å². The summed E-state index contributed by atoms with van der Waals surface area (Å²) in [5, 5.41) is 8.05. The molecule has 1 N–H and O–H groups in total. The number of ether oxygens (including phenoxy) is 1. The first-order chi connectivity index (χ1) is 11.2. The van der Waals surface area contributed by atoms with Gasteiger partial charge in [-0.05, 0) is 51.5 Å². The fourth-order valence-corrected chi connectivity index (χ4v) is 3.42. The molecule has 24 heavy (non-hydrogen) atoms.